The van der Waals surface area contributed by atoms with Gasteiger partial charge in [0.05, 0.1) is 14.2 Å². The van der Waals surface area contributed by atoms with Gasteiger partial charge in [-0.2, -0.15) is 0 Å². The number of hydrogen-bond acceptors (Lipinski definition) is 3. The Balaban J connectivity index is 1.69. The molecule has 0 unspecified atom stereocenters. The van der Waals surface area contributed by atoms with Crippen LogP contribution in [0.4, 0.5) is 0 Å². The summed E-state index contributed by atoms with van der Waals surface area (Å²) >= 11 is 0. The molecular weight excluding hydrogens is 386 g/mol. The maximum absolute atomic E-state index is 13.6. The Bertz CT molecular complexity index is 1120. The standard InChI is InChI=1S/C27H27NO3/c1-17-13-19-14-23(30-2)24(31-3)15-22(19)25-20-11-7-8-12-21(20)27(29)28(26(17)25)16-18-9-5-4-6-10-18/h4-12,14-15,17,25-26H,13,16H2,1-3H3/t17-,25-,26-/m1/s1. The minimum Gasteiger partial charge on any atom is -0.493 e. The van der Waals surface area contributed by atoms with Gasteiger partial charge in [-0.15, -0.1) is 0 Å². The maximum Gasteiger partial charge on any atom is 0.254 e. The molecule has 0 fully saturated rings. The van der Waals surface area contributed by atoms with Crippen LogP contribution >= 0.6 is 0 Å². The summed E-state index contributed by atoms with van der Waals surface area (Å²) in [5.74, 6) is 2.04. The summed E-state index contributed by atoms with van der Waals surface area (Å²) in [6, 6.07) is 22.7. The van der Waals surface area contributed by atoms with Gasteiger partial charge in [0.2, 0.25) is 0 Å². The highest BCUT2D eigenvalue weighted by molar-refractivity contribution is 5.98. The number of rotatable bonds is 4. The monoisotopic (exact) mass is 413 g/mol. The number of benzene rings is 3. The average Bonchev–Trinajstić information content (AvgIpc) is 2.81. The smallest absolute Gasteiger partial charge is 0.254 e. The summed E-state index contributed by atoms with van der Waals surface area (Å²) in [6.07, 6.45) is 0.900. The van der Waals surface area contributed by atoms with Crippen molar-refractivity contribution >= 4 is 5.91 Å². The van der Waals surface area contributed by atoms with Crippen LogP contribution in [0, 0.1) is 5.92 Å². The highest BCUT2D eigenvalue weighted by Crippen LogP contribution is 2.49. The fourth-order valence-electron chi connectivity index (χ4n) is 5.43. The van der Waals surface area contributed by atoms with Crippen LogP contribution in [-0.4, -0.2) is 31.1 Å². The van der Waals surface area contributed by atoms with Crippen molar-refractivity contribution < 1.29 is 14.3 Å². The van der Waals surface area contributed by atoms with E-state index in [4.69, 9.17) is 9.47 Å². The molecule has 0 saturated heterocycles. The molecule has 1 amide bonds. The molecule has 1 aliphatic carbocycles. The predicted molar refractivity (Wildman–Crippen MR) is 121 cm³/mol. The Morgan fingerprint density at radius 1 is 0.903 bits per heavy atom. The van der Waals surface area contributed by atoms with Gasteiger partial charge in [-0.25, -0.2) is 0 Å². The quantitative estimate of drug-likeness (QED) is 0.601. The molecule has 0 spiro atoms. The second-order valence-electron chi connectivity index (χ2n) is 8.56. The lowest BCUT2D eigenvalue weighted by molar-refractivity contribution is 0.0508. The number of ether oxygens (including phenoxy) is 2. The van der Waals surface area contributed by atoms with Crippen LogP contribution in [0.1, 0.15) is 45.5 Å². The minimum absolute atomic E-state index is 0.0909. The number of carbonyl (C=O) groups excluding carboxylic acids is 1. The van der Waals surface area contributed by atoms with Gasteiger partial charge in [0.15, 0.2) is 11.5 Å². The largest absolute Gasteiger partial charge is 0.493 e. The molecule has 0 bridgehead atoms. The van der Waals surface area contributed by atoms with E-state index in [1.54, 1.807) is 14.2 Å². The van der Waals surface area contributed by atoms with Crippen LogP contribution in [0.3, 0.4) is 0 Å². The van der Waals surface area contributed by atoms with E-state index in [1.807, 2.05) is 36.4 Å². The fraction of sp³-hybridized carbons (Fsp3) is 0.296. The molecule has 0 radical (unpaired) electrons. The summed E-state index contributed by atoms with van der Waals surface area (Å²) < 4.78 is 11.2. The Morgan fingerprint density at radius 3 is 2.32 bits per heavy atom. The lowest BCUT2D eigenvalue weighted by atomic mass is 9.67. The van der Waals surface area contributed by atoms with Crippen LogP contribution in [-0.2, 0) is 13.0 Å². The molecule has 4 nitrogen and oxygen atoms in total. The number of nitrogens with zero attached hydrogens (tertiary/aromatic N) is 1. The summed E-state index contributed by atoms with van der Waals surface area (Å²) in [4.78, 5) is 15.7. The van der Waals surface area contributed by atoms with Crippen molar-refractivity contribution in [3.63, 3.8) is 0 Å². The van der Waals surface area contributed by atoms with E-state index in [0.717, 1.165) is 34.6 Å². The lowest BCUT2D eigenvalue weighted by Crippen LogP contribution is -2.53. The first-order chi connectivity index (χ1) is 15.1. The number of methoxy groups -OCH3 is 2. The van der Waals surface area contributed by atoms with Gasteiger partial charge in [0.1, 0.15) is 0 Å². The number of carbonyl (C=O) groups is 1. The van der Waals surface area contributed by atoms with Crippen molar-refractivity contribution in [2.75, 3.05) is 14.2 Å². The van der Waals surface area contributed by atoms with Crippen molar-refractivity contribution in [1.82, 2.24) is 4.90 Å². The average molecular weight is 414 g/mol. The summed E-state index contributed by atoms with van der Waals surface area (Å²) in [6.45, 7) is 2.87. The third kappa shape index (κ3) is 3.18. The van der Waals surface area contributed by atoms with E-state index in [2.05, 4.69) is 42.2 Å². The lowest BCUT2D eigenvalue weighted by Gasteiger charge is -2.48. The number of amides is 1. The van der Waals surface area contributed by atoms with E-state index in [9.17, 15) is 4.79 Å². The van der Waals surface area contributed by atoms with Crippen molar-refractivity contribution in [3.8, 4) is 11.5 Å². The summed E-state index contributed by atoms with van der Waals surface area (Å²) in [5, 5.41) is 0. The van der Waals surface area contributed by atoms with Gasteiger partial charge in [-0.1, -0.05) is 55.5 Å². The molecule has 158 valence electrons. The first-order valence-electron chi connectivity index (χ1n) is 10.8. The molecular formula is C27H27NO3. The second-order valence-corrected chi connectivity index (χ2v) is 8.56. The Labute approximate surface area is 183 Å². The molecule has 1 aliphatic heterocycles. The van der Waals surface area contributed by atoms with Crippen LogP contribution in [0.25, 0.3) is 0 Å². The highest BCUT2D eigenvalue weighted by atomic mass is 16.5. The molecule has 3 atom stereocenters. The second kappa shape index (κ2) is 7.77. The molecule has 5 rings (SSSR count). The fourth-order valence-corrected chi connectivity index (χ4v) is 5.43. The van der Waals surface area contributed by atoms with Crippen LogP contribution in [0.2, 0.25) is 0 Å². The third-order valence-electron chi connectivity index (χ3n) is 6.79. The normalized spacial score (nSPS) is 21.7. The Kier molecular flexibility index (Phi) is 4.93. The summed E-state index contributed by atoms with van der Waals surface area (Å²) in [5.41, 5.74) is 5.57. The number of hydrogen-bond donors (Lipinski definition) is 0. The molecule has 0 aromatic heterocycles. The van der Waals surface area contributed by atoms with Crippen LogP contribution in [0.5, 0.6) is 11.5 Å². The highest BCUT2D eigenvalue weighted by Gasteiger charge is 2.46. The molecule has 0 N–H and O–H groups in total. The van der Waals surface area contributed by atoms with E-state index >= 15 is 0 Å². The summed E-state index contributed by atoms with van der Waals surface area (Å²) in [7, 11) is 3.35. The van der Waals surface area contributed by atoms with Crippen LogP contribution < -0.4 is 9.47 Å². The first kappa shape index (κ1) is 19.7. The zero-order valence-corrected chi connectivity index (χ0v) is 18.2. The van der Waals surface area contributed by atoms with Crippen molar-refractivity contribution in [2.24, 2.45) is 5.92 Å². The third-order valence-corrected chi connectivity index (χ3v) is 6.79. The van der Waals surface area contributed by atoms with Gasteiger partial charge < -0.3 is 14.4 Å². The zero-order chi connectivity index (χ0) is 21.5. The van der Waals surface area contributed by atoms with E-state index < -0.39 is 0 Å². The van der Waals surface area contributed by atoms with E-state index in [-0.39, 0.29) is 17.9 Å². The molecule has 31 heavy (non-hydrogen) atoms. The first-order valence-corrected chi connectivity index (χ1v) is 10.8. The van der Waals surface area contributed by atoms with Crippen molar-refractivity contribution in [2.45, 2.75) is 31.8 Å². The SMILES string of the molecule is COc1cc2c(cc1OC)[C@H]1c3ccccc3C(=O)N(Cc3ccccc3)[C@@H]1[C@H](C)C2. The molecule has 0 saturated carbocycles. The minimum atomic E-state index is 0.0909. The molecule has 2 aliphatic rings. The van der Waals surface area contributed by atoms with Gasteiger partial charge in [0, 0.05) is 24.1 Å². The molecule has 4 heteroatoms. The van der Waals surface area contributed by atoms with E-state index in [1.165, 1.54) is 11.1 Å². The Hall–Kier alpha value is -3.27. The molecule has 3 aromatic carbocycles. The van der Waals surface area contributed by atoms with Gasteiger partial charge in [-0.3, -0.25) is 4.79 Å². The predicted octanol–water partition coefficient (Wildman–Crippen LogP) is 5.05. The van der Waals surface area contributed by atoms with Crippen molar-refractivity contribution in [3.05, 3.63) is 94.5 Å². The van der Waals surface area contributed by atoms with Gasteiger partial charge >= 0.3 is 0 Å². The van der Waals surface area contributed by atoms with Crippen molar-refractivity contribution in [1.29, 1.82) is 0 Å². The Morgan fingerprint density at radius 2 is 1.58 bits per heavy atom. The zero-order valence-electron chi connectivity index (χ0n) is 18.2. The maximum atomic E-state index is 13.6. The van der Waals surface area contributed by atoms with E-state index in [0.29, 0.717) is 12.5 Å². The van der Waals surface area contributed by atoms with Crippen LogP contribution in [0.15, 0.2) is 66.7 Å². The van der Waals surface area contributed by atoms with Gasteiger partial charge in [-0.05, 0) is 52.8 Å². The van der Waals surface area contributed by atoms with Gasteiger partial charge in [0.25, 0.3) is 5.91 Å². The molecule has 1 heterocycles. The number of fused-ring (bicyclic) bond motifs is 5. The molecule has 3 aromatic rings. The topological polar surface area (TPSA) is 38.8 Å².